The van der Waals surface area contributed by atoms with Crippen molar-refractivity contribution in [1.29, 1.82) is 0 Å². The van der Waals surface area contributed by atoms with Crippen LogP contribution >= 0.6 is 0 Å². The van der Waals surface area contributed by atoms with E-state index in [1.165, 1.54) is 19.3 Å². The molecule has 0 aliphatic heterocycles. The smallest absolute Gasteiger partial charge is 0.274 e. The molecule has 1 aromatic heterocycles. The second kappa shape index (κ2) is 6.08. The van der Waals surface area contributed by atoms with Gasteiger partial charge in [-0.1, -0.05) is 26.2 Å². The molecule has 0 bridgehead atoms. The van der Waals surface area contributed by atoms with Gasteiger partial charge in [0.1, 0.15) is 0 Å². The predicted octanol–water partition coefficient (Wildman–Crippen LogP) is 2.18. The van der Waals surface area contributed by atoms with Crippen LogP contribution in [-0.2, 0) is 6.54 Å². The summed E-state index contributed by atoms with van der Waals surface area (Å²) < 4.78 is 1.69. The number of amides is 1. The largest absolute Gasteiger partial charge is 0.396 e. The molecule has 1 fully saturated rings. The van der Waals surface area contributed by atoms with Gasteiger partial charge in [-0.15, -0.1) is 0 Å². The number of rotatable bonds is 4. The fourth-order valence-electron chi connectivity index (χ4n) is 2.82. The Bertz CT molecular complexity index is 441. The van der Waals surface area contributed by atoms with E-state index in [1.54, 1.807) is 10.9 Å². The third-order valence-corrected chi connectivity index (χ3v) is 4.02. The van der Waals surface area contributed by atoms with Crippen LogP contribution in [0.2, 0.25) is 0 Å². The molecule has 2 unspecified atom stereocenters. The van der Waals surface area contributed by atoms with Crippen LogP contribution in [0.25, 0.3) is 0 Å². The number of nitrogens with one attached hydrogen (secondary N) is 1. The van der Waals surface area contributed by atoms with Crippen LogP contribution in [0.1, 0.15) is 56.4 Å². The van der Waals surface area contributed by atoms with E-state index in [-0.39, 0.29) is 11.9 Å². The fraction of sp³-hybridized carbons (Fsp3) is 0.714. The molecular weight excluding hydrogens is 240 g/mol. The second-order valence-corrected chi connectivity index (χ2v) is 5.40. The van der Waals surface area contributed by atoms with E-state index in [9.17, 15) is 4.79 Å². The monoisotopic (exact) mass is 264 g/mol. The first-order chi connectivity index (χ1) is 9.13. The van der Waals surface area contributed by atoms with Crippen LogP contribution < -0.4 is 11.1 Å². The second-order valence-electron chi connectivity index (χ2n) is 5.40. The number of aryl methyl sites for hydroxylation is 1. The van der Waals surface area contributed by atoms with Crippen LogP contribution in [-0.4, -0.2) is 21.7 Å². The Balaban J connectivity index is 1.98. The summed E-state index contributed by atoms with van der Waals surface area (Å²) >= 11 is 0. The number of hydrogen-bond acceptors (Lipinski definition) is 3. The van der Waals surface area contributed by atoms with E-state index in [4.69, 9.17) is 5.73 Å². The van der Waals surface area contributed by atoms with Crippen LogP contribution in [0.5, 0.6) is 0 Å². The highest BCUT2D eigenvalue weighted by Gasteiger charge is 2.24. The van der Waals surface area contributed by atoms with Gasteiger partial charge in [-0.2, -0.15) is 5.10 Å². The Hall–Kier alpha value is -1.52. The van der Waals surface area contributed by atoms with E-state index in [0.29, 0.717) is 11.4 Å². The van der Waals surface area contributed by atoms with Gasteiger partial charge in [0.2, 0.25) is 0 Å². The Kier molecular flexibility index (Phi) is 4.45. The zero-order valence-corrected chi connectivity index (χ0v) is 11.9. The summed E-state index contributed by atoms with van der Waals surface area (Å²) in [7, 11) is 0. The molecule has 5 nitrogen and oxygen atoms in total. The maximum absolute atomic E-state index is 12.2. The molecule has 1 amide bonds. The van der Waals surface area contributed by atoms with Gasteiger partial charge in [0.25, 0.3) is 5.91 Å². The molecule has 3 N–H and O–H groups in total. The van der Waals surface area contributed by atoms with Gasteiger partial charge in [0.05, 0.1) is 5.69 Å². The van der Waals surface area contributed by atoms with Gasteiger partial charge in [0, 0.05) is 18.8 Å². The Labute approximate surface area is 114 Å². The lowest BCUT2D eigenvalue weighted by Crippen LogP contribution is -2.38. The van der Waals surface area contributed by atoms with E-state index in [2.05, 4.69) is 17.3 Å². The maximum atomic E-state index is 12.2. The minimum atomic E-state index is -0.133. The number of nitrogen functional groups attached to an aromatic ring is 1. The summed E-state index contributed by atoms with van der Waals surface area (Å²) in [4.78, 5) is 12.2. The van der Waals surface area contributed by atoms with Crippen molar-refractivity contribution in [3.63, 3.8) is 0 Å². The topological polar surface area (TPSA) is 72.9 Å². The molecule has 1 aromatic rings. The lowest BCUT2D eigenvalue weighted by Gasteiger charge is -2.28. The Morgan fingerprint density at radius 1 is 1.53 bits per heavy atom. The van der Waals surface area contributed by atoms with Gasteiger partial charge in [-0.25, -0.2) is 0 Å². The number of nitrogens with zero attached hydrogens (tertiary/aromatic N) is 2. The minimum absolute atomic E-state index is 0.133. The molecule has 0 aromatic carbocycles. The van der Waals surface area contributed by atoms with Gasteiger partial charge in [0.15, 0.2) is 5.69 Å². The number of carbonyl (C=O) groups excluding carboxylic acids is 1. The van der Waals surface area contributed by atoms with E-state index in [1.807, 2.05) is 6.92 Å². The highest BCUT2D eigenvalue weighted by atomic mass is 16.2. The molecule has 2 atom stereocenters. The number of aromatic nitrogens is 2. The van der Waals surface area contributed by atoms with Crippen molar-refractivity contribution in [3.8, 4) is 0 Å². The van der Waals surface area contributed by atoms with Crippen LogP contribution in [0.4, 0.5) is 5.69 Å². The van der Waals surface area contributed by atoms with E-state index in [0.717, 1.165) is 25.3 Å². The fourth-order valence-corrected chi connectivity index (χ4v) is 2.82. The lowest BCUT2D eigenvalue weighted by molar-refractivity contribution is 0.0914. The summed E-state index contributed by atoms with van der Waals surface area (Å²) in [6.07, 6.45) is 7.54. The van der Waals surface area contributed by atoms with Crippen LogP contribution in [0.3, 0.4) is 0 Å². The Morgan fingerprint density at radius 2 is 2.32 bits per heavy atom. The zero-order chi connectivity index (χ0) is 13.8. The van der Waals surface area contributed by atoms with Crippen molar-refractivity contribution in [2.75, 3.05) is 5.73 Å². The summed E-state index contributed by atoms with van der Waals surface area (Å²) in [5.41, 5.74) is 6.65. The quantitative estimate of drug-likeness (QED) is 0.875. The van der Waals surface area contributed by atoms with Crippen molar-refractivity contribution in [2.45, 2.75) is 58.5 Å². The molecule has 5 heteroatoms. The molecule has 0 saturated heterocycles. The van der Waals surface area contributed by atoms with Gasteiger partial charge < -0.3 is 11.1 Å². The Morgan fingerprint density at radius 3 is 2.95 bits per heavy atom. The van der Waals surface area contributed by atoms with Crippen molar-refractivity contribution < 1.29 is 4.79 Å². The molecule has 1 aliphatic carbocycles. The number of carbonyl (C=O) groups is 1. The van der Waals surface area contributed by atoms with Crippen LogP contribution in [0.15, 0.2) is 6.20 Å². The zero-order valence-electron chi connectivity index (χ0n) is 11.9. The normalized spacial score (nSPS) is 23.3. The summed E-state index contributed by atoms with van der Waals surface area (Å²) in [5.74, 6) is 0.607. The van der Waals surface area contributed by atoms with E-state index >= 15 is 0 Å². The SMILES string of the molecule is CCC1CCCC(NC(=O)c2nn(CC)cc2N)C1. The maximum Gasteiger partial charge on any atom is 0.274 e. The third-order valence-electron chi connectivity index (χ3n) is 4.02. The molecule has 0 spiro atoms. The molecule has 1 heterocycles. The molecular formula is C14H24N4O. The van der Waals surface area contributed by atoms with Gasteiger partial charge in [-0.3, -0.25) is 9.48 Å². The van der Waals surface area contributed by atoms with Crippen molar-refractivity contribution >= 4 is 11.6 Å². The van der Waals surface area contributed by atoms with Gasteiger partial charge >= 0.3 is 0 Å². The number of anilines is 1. The molecule has 2 rings (SSSR count). The molecule has 1 aliphatic rings. The average Bonchev–Trinajstić information content (AvgIpc) is 2.80. The van der Waals surface area contributed by atoms with Crippen LogP contribution in [0, 0.1) is 5.92 Å². The highest BCUT2D eigenvalue weighted by Crippen LogP contribution is 2.26. The average molecular weight is 264 g/mol. The number of nitrogens with two attached hydrogens (primary N) is 1. The third kappa shape index (κ3) is 3.28. The van der Waals surface area contributed by atoms with Crippen molar-refractivity contribution in [1.82, 2.24) is 15.1 Å². The molecule has 19 heavy (non-hydrogen) atoms. The van der Waals surface area contributed by atoms with Crippen molar-refractivity contribution in [2.24, 2.45) is 5.92 Å². The number of hydrogen-bond donors (Lipinski definition) is 2. The summed E-state index contributed by atoms with van der Waals surface area (Å²) in [6.45, 7) is 4.91. The van der Waals surface area contributed by atoms with E-state index < -0.39 is 0 Å². The predicted molar refractivity (Wildman–Crippen MR) is 75.8 cm³/mol. The standard InChI is InChI=1S/C14H24N4O/c1-3-10-6-5-7-11(8-10)16-14(19)13-12(15)9-18(4-2)17-13/h9-11H,3-8,15H2,1-2H3,(H,16,19). The first-order valence-electron chi connectivity index (χ1n) is 7.27. The summed E-state index contributed by atoms with van der Waals surface area (Å²) in [6, 6.07) is 0.275. The molecule has 0 radical (unpaired) electrons. The molecule has 106 valence electrons. The summed E-state index contributed by atoms with van der Waals surface area (Å²) in [5, 5.41) is 7.30. The minimum Gasteiger partial charge on any atom is -0.396 e. The lowest BCUT2D eigenvalue weighted by atomic mass is 9.84. The molecule has 1 saturated carbocycles. The van der Waals surface area contributed by atoms with Gasteiger partial charge in [-0.05, 0) is 25.7 Å². The first kappa shape index (κ1) is 13.9. The first-order valence-corrected chi connectivity index (χ1v) is 7.27. The van der Waals surface area contributed by atoms with Crippen molar-refractivity contribution in [3.05, 3.63) is 11.9 Å². The highest BCUT2D eigenvalue weighted by molar-refractivity contribution is 5.97.